The number of nitrogens with zero attached hydrogens (tertiary/aromatic N) is 2. The van der Waals surface area contributed by atoms with Crippen LogP contribution in [-0.4, -0.2) is 40.6 Å². The van der Waals surface area contributed by atoms with Gasteiger partial charge in [-0.15, -0.1) is 0 Å². The van der Waals surface area contributed by atoms with E-state index < -0.39 is 0 Å². The molecule has 6 heteroatoms. The maximum absolute atomic E-state index is 13.3. The number of phenols is 1. The summed E-state index contributed by atoms with van der Waals surface area (Å²) in [6.45, 7) is 9.94. The van der Waals surface area contributed by atoms with Crippen LogP contribution in [0.25, 0.3) is 17.0 Å². The van der Waals surface area contributed by atoms with E-state index >= 15 is 0 Å². The zero-order valence-electron chi connectivity index (χ0n) is 20.3. The molecule has 6 nitrogen and oxygen atoms in total. The van der Waals surface area contributed by atoms with Crippen LogP contribution in [0.15, 0.2) is 42.3 Å². The van der Waals surface area contributed by atoms with Crippen molar-refractivity contribution in [3.8, 4) is 17.2 Å². The second kappa shape index (κ2) is 8.84. The molecule has 0 aliphatic carbocycles. The number of benzene rings is 2. The molecule has 0 bridgehead atoms. The van der Waals surface area contributed by atoms with Crippen molar-refractivity contribution >= 4 is 22.8 Å². The van der Waals surface area contributed by atoms with Gasteiger partial charge in [0.15, 0.2) is 5.76 Å². The number of hydrogen-bond acceptors (Lipinski definition) is 5. The van der Waals surface area contributed by atoms with E-state index in [1.807, 2.05) is 30.5 Å². The van der Waals surface area contributed by atoms with Crippen molar-refractivity contribution in [3.05, 3.63) is 59.0 Å². The number of aromatic nitrogens is 1. The molecule has 2 unspecified atom stereocenters. The second-order valence-corrected chi connectivity index (χ2v) is 9.77. The van der Waals surface area contributed by atoms with Crippen molar-refractivity contribution in [1.82, 2.24) is 9.47 Å². The number of allylic oxidation sites excluding steroid dienone is 1. The number of piperidine rings is 1. The van der Waals surface area contributed by atoms with Gasteiger partial charge in [-0.3, -0.25) is 9.69 Å². The molecule has 0 amide bonds. The summed E-state index contributed by atoms with van der Waals surface area (Å²) in [7, 11) is 1.65. The van der Waals surface area contributed by atoms with Crippen LogP contribution in [0, 0.1) is 11.8 Å². The first kappa shape index (κ1) is 22.5. The van der Waals surface area contributed by atoms with Gasteiger partial charge in [0.2, 0.25) is 5.78 Å². The lowest BCUT2D eigenvalue weighted by Gasteiger charge is -2.35. The van der Waals surface area contributed by atoms with Crippen LogP contribution in [0.4, 0.5) is 0 Å². The monoisotopic (exact) mass is 460 g/mol. The number of hydrogen-bond donors (Lipinski definition) is 1. The van der Waals surface area contributed by atoms with Crippen molar-refractivity contribution in [2.24, 2.45) is 11.8 Å². The van der Waals surface area contributed by atoms with Gasteiger partial charge in [0, 0.05) is 48.8 Å². The first-order valence-electron chi connectivity index (χ1n) is 12.1. The highest BCUT2D eigenvalue weighted by molar-refractivity contribution is 6.15. The van der Waals surface area contributed by atoms with Crippen LogP contribution in [0.2, 0.25) is 0 Å². The van der Waals surface area contributed by atoms with Crippen LogP contribution >= 0.6 is 0 Å². The summed E-state index contributed by atoms with van der Waals surface area (Å²) >= 11 is 0. The normalized spacial score (nSPS) is 21.8. The van der Waals surface area contributed by atoms with E-state index in [9.17, 15) is 9.90 Å². The van der Waals surface area contributed by atoms with E-state index in [0.717, 1.165) is 41.9 Å². The number of ether oxygens (including phenoxy) is 2. The molecule has 1 fully saturated rings. The fourth-order valence-corrected chi connectivity index (χ4v) is 5.54. The van der Waals surface area contributed by atoms with Gasteiger partial charge >= 0.3 is 0 Å². The number of fused-ring (bicyclic) bond motifs is 2. The molecule has 0 spiro atoms. The lowest BCUT2D eigenvalue weighted by atomic mass is 9.91. The van der Waals surface area contributed by atoms with E-state index in [-0.39, 0.29) is 17.3 Å². The molecule has 1 saturated heterocycles. The fourth-order valence-electron chi connectivity index (χ4n) is 5.54. The molecule has 0 saturated carbocycles. The molecule has 3 aromatic rings. The third-order valence-corrected chi connectivity index (χ3v) is 6.99. The molecule has 0 radical (unpaired) electrons. The average molecular weight is 461 g/mol. The van der Waals surface area contributed by atoms with E-state index in [0.29, 0.717) is 35.3 Å². The van der Waals surface area contributed by atoms with Gasteiger partial charge in [-0.1, -0.05) is 13.8 Å². The summed E-state index contributed by atoms with van der Waals surface area (Å²) in [4.78, 5) is 15.6. The van der Waals surface area contributed by atoms with E-state index in [1.165, 1.54) is 6.42 Å². The molecule has 3 heterocycles. The van der Waals surface area contributed by atoms with Crippen molar-refractivity contribution in [3.63, 3.8) is 0 Å². The Labute approximate surface area is 200 Å². The molecule has 1 aromatic heterocycles. The Kier molecular flexibility index (Phi) is 5.86. The molecule has 2 atom stereocenters. The highest BCUT2D eigenvalue weighted by Gasteiger charge is 2.33. The largest absolute Gasteiger partial charge is 0.507 e. The number of aromatic hydroxyl groups is 1. The Morgan fingerprint density at radius 1 is 1.18 bits per heavy atom. The van der Waals surface area contributed by atoms with Crippen molar-refractivity contribution in [1.29, 1.82) is 0 Å². The highest BCUT2D eigenvalue weighted by atomic mass is 16.5. The number of likely N-dealkylation sites (tertiary alicyclic amines) is 1. The van der Waals surface area contributed by atoms with Crippen LogP contribution < -0.4 is 9.47 Å². The number of rotatable bonds is 5. The SMILES string of the molecule is CCn1cc(/C=C2\Oc3c(ccc(O)c3CN3CC(C)CC(C)C3)C2=O)c2cc(OC)ccc21. The summed E-state index contributed by atoms with van der Waals surface area (Å²) < 4.78 is 13.7. The lowest BCUT2D eigenvalue weighted by molar-refractivity contribution is 0.101. The molecule has 2 aliphatic rings. The van der Waals surface area contributed by atoms with Crippen molar-refractivity contribution in [2.45, 2.75) is 40.3 Å². The van der Waals surface area contributed by atoms with Crippen LogP contribution in [0.1, 0.15) is 48.7 Å². The Balaban J connectivity index is 1.51. The highest BCUT2D eigenvalue weighted by Crippen LogP contribution is 2.41. The van der Waals surface area contributed by atoms with E-state index in [2.05, 4.69) is 30.2 Å². The Bertz CT molecular complexity index is 1280. The van der Waals surface area contributed by atoms with Crippen LogP contribution in [0.5, 0.6) is 17.2 Å². The van der Waals surface area contributed by atoms with Gasteiger partial charge in [0.25, 0.3) is 0 Å². The number of ketones is 1. The summed E-state index contributed by atoms with van der Waals surface area (Å²) in [5.41, 5.74) is 3.17. The zero-order chi connectivity index (χ0) is 24.0. The van der Waals surface area contributed by atoms with E-state index in [1.54, 1.807) is 19.2 Å². The molecule has 2 aliphatic heterocycles. The molecule has 34 heavy (non-hydrogen) atoms. The minimum Gasteiger partial charge on any atom is -0.507 e. The third kappa shape index (κ3) is 3.96. The van der Waals surface area contributed by atoms with Gasteiger partial charge in [0.05, 0.1) is 18.2 Å². The van der Waals surface area contributed by atoms with Crippen LogP contribution in [-0.2, 0) is 13.1 Å². The first-order chi connectivity index (χ1) is 16.4. The Morgan fingerprint density at radius 2 is 1.94 bits per heavy atom. The minimum absolute atomic E-state index is 0.156. The summed E-state index contributed by atoms with van der Waals surface area (Å²) in [6.07, 6.45) is 5.06. The van der Waals surface area contributed by atoms with Gasteiger partial charge < -0.3 is 19.1 Å². The maximum Gasteiger partial charge on any atom is 0.231 e. The van der Waals surface area contributed by atoms with Gasteiger partial charge in [-0.2, -0.15) is 0 Å². The smallest absolute Gasteiger partial charge is 0.231 e. The first-order valence-corrected chi connectivity index (χ1v) is 12.1. The fraction of sp³-hybridized carbons (Fsp3) is 0.393. The number of methoxy groups -OCH3 is 1. The van der Waals surface area contributed by atoms with E-state index in [4.69, 9.17) is 9.47 Å². The molecule has 1 N–H and O–H groups in total. The average Bonchev–Trinajstić information content (AvgIpc) is 3.32. The van der Waals surface area contributed by atoms with Crippen molar-refractivity contribution < 1.29 is 19.4 Å². The molecule has 5 rings (SSSR count). The molecular weight excluding hydrogens is 428 g/mol. The van der Waals surface area contributed by atoms with Gasteiger partial charge in [-0.25, -0.2) is 0 Å². The lowest BCUT2D eigenvalue weighted by Crippen LogP contribution is -2.38. The van der Waals surface area contributed by atoms with Gasteiger partial charge in [0.1, 0.15) is 17.2 Å². The summed E-state index contributed by atoms with van der Waals surface area (Å²) in [5.74, 6) is 2.75. The number of phenolic OH excluding ortho intramolecular Hbond substituents is 1. The number of aryl methyl sites for hydroxylation is 1. The number of Topliss-reactive ketones (excluding diaryl/α,β-unsaturated/α-hetero) is 1. The van der Waals surface area contributed by atoms with Gasteiger partial charge in [-0.05, 0) is 61.6 Å². The predicted molar refractivity (Wildman–Crippen MR) is 133 cm³/mol. The maximum atomic E-state index is 13.3. The second-order valence-electron chi connectivity index (χ2n) is 9.77. The predicted octanol–water partition coefficient (Wildman–Crippen LogP) is 5.47. The zero-order valence-corrected chi connectivity index (χ0v) is 20.3. The van der Waals surface area contributed by atoms with Crippen molar-refractivity contribution in [2.75, 3.05) is 20.2 Å². The molecular formula is C28H32N2O4. The third-order valence-electron chi connectivity index (χ3n) is 6.99. The number of carbonyl (C=O) groups excluding carboxylic acids is 1. The topological polar surface area (TPSA) is 63.9 Å². The molecule has 2 aromatic carbocycles. The number of carbonyl (C=O) groups is 1. The minimum atomic E-state index is -0.156. The quantitative estimate of drug-likeness (QED) is 0.512. The summed E-state index contributed by atoms with van der Waals surface area (Å²) in [5, 5.41) is 11.7. The standard InChI is InChI=1S/C28H32N2O4/c1-5-30-15-19(22-12-20(33-4)6-8-24(22)30)11-26-27(32)21-7-9-25(31)23(28(21)34-26)16-29-13-17(2)10-18(3)14-29/h6-9,11-12,15,17-18,31H,5,10,13-14,16H2,1-4H3/b26-11-. The Hall–Kier alpha value is -3.25. The Morgan fingerprint density at radius 3 is 2.65 bits per heavy atom. The van der Waals surface area contributed by atoms with Crippen LogP contribution in [0.3, 0.4) is 0 Å². The summed E-state index contributed by atoms with van der Waals surface area (Å²) in [6, 6.07) is 9.23. The molecule has 178 valence electrons.